The summed E-state index contributed by atoms with van der Waals surface area (Å²) in [6.07, 6.45) is 8.31. The number of allylic oxidation sites excluding steroid dienone is 4. The second kappa shape index (κ2) is 12.8. The molecule has 1 aliphatic heterocycles. The summed E-state index contributed by atoms with van der Waals surface area (Å²) in [7, 11) is 2.16. The Morgan fingerprint density at radius 3 is 2.62 bits per heavy atom. The number of nitrogens with two attached hydrogens (primary N) is 2. The summed E-state index contributed by atoms with van der Waals surface area (Å²) in [5.41, 5.74) is 12.4. The van der Waals surface area contributed by atoms with E-state index in [0.29, 0.717) is 17.2 Å². The standard InChI is InChI=1S/C26H34FN7/c1-3-4-5-6-23(27)11-12-30-26(32-29)24-17-22(18-31-25(24)28)21-9-7-20(8-10-21)19-34-15-13-33(2)14-16-34/h3-5,7-11,17-18H,1,6,12-16,19,29H2,2H3,(H2,28,31)(H,30,32)/b5-4-,23-11+. The van der Waals surface area contributed by atoms with Gasteiger partial charge in [-0.2, -0.15) is 0 Å². The van der Waals surface area contributed by atoms with Gasteiger partial charge in [0.1, 0.15) is 17.5 Å². The Morgan fingerprint density at radius 1 is 1.21 bits per heavy atom. The summed E-state index contributed by atoms with van der Waals surface area (Å²) in [5, 5.41) is 0. The first-order valence-electron chi connectivity index (χ1n) is 11.4. The molecule has 0 atom stereocenters. The molecule has 0 radical (unpaired) electrons. The summed E-state index contributed by atoms with van der Waals surface area (Å²) in [5.74, 6) is 6.05. The molecule has 8 heteroatoms. The number of halogens is 1. The molecule has 34 heavy (non-hydrogen) atoms. The molecule has 0 aliphatic carbocycles. The van der Waals surface area contributed by atoms with Crippen molar-refractivity contribution in [3.63, 3.8) is 0 Å². The Morgan fingerprint density at radius 2 is 1.94 bits per heavy atom. The van der Waals surface area contributed by atoms with E-state index in [0.717, 1.165) is 43.9 Å². The average Bonchev–Trinajstić information content (AvgIpc) is 2.85. The monoisotopic (exact) mass is 463 g/mol. The van der Waals surface area contributed by atoms with Gasteiger partial charge in [-0.25, -0.2) is 15.2 Å². The van der Waals surface area contributed by atoms with Crippen molar-refractivity contribution in [1.82, 2.24) is 20.2 Å². The molecule has 1 aromatic heterocycles. The van der Waals surface area contributed by atoms with E-state index in [4.69, 9.17) is 11.6 Å². The molecule has 3 rings (SSSR count). The van der Waals surface area contributed by atoms with Crippen molar-refractivity contribution in [1.29, 1.82) is 0 Å². The quantitative estimate of drug-likeness (QED) is 0.174. The maximum absolute atomic E-state index is 13.9. The molecular formula is C26H34FN7. The molecular weight excluding hydrogens is 429 g/mol. The first-order chi connectivity index (χ1) is 16.5. The van der Waals surface area contributed by atoms with Crippen LogP contribution in [0.15, 0.2) is 78.2 Å². The Kier molecular flexibility index (Phi) is 9.51. The molecule has 0 amide bonds. The van der Waals surface area contributed by atoms with Crippen LogP contribution in [-0.4, -0.2) is 60.4 Å². The van der Waals surface area contributed by atoms with Gasteiger partial charge >= 0.3 is 0 Å². The Bertz CT molecular complexity index is 1040. The lowest BCUT2D eigenvalue weighted by Gasteiger charge is -2.32. The number of nitrogens with zero attached hydrogens (tertiary/aromatic N) is 4. The van der Waals surface area contributed by atoms with Gasteiger partial charge in [0.05, 0.1) is 12.1 Å². The lowest BCUT2D eigenvalue weighted by atomic mass is 10.0. The van der Waals surface area contributed by atoms with Crippen LogP contribution in [0, 0.1) is 0 Å². The first kappa shape index (κ1) is 25.3. The Labute approximate surface area is 201 Å². The number of aliphatic imine (C=N–C) groups is 1. The predicted octanol–water partition coefficient (Wildman–Crippen LogP) is 3.27. The molecule has 7 nitrogen and oxygen atoms in total. The number of amidine groups is 1. The highest BCUT2D eigenvalue weighted by atomic mass is 19.1. The van der Waals surface area contributed by atoms with E-state index >= 15 is 0 Å². The van der Waals surface area contributed by atoms with E-state index in [1.54, 1.807) is 24.4 Å². The highest BCUT2D eigenvalue weighted by Gasteiger charge is 2.14. The number of likely N-dealkylation sites (N-methyl/N-ethyl adjacent to an activating group) is 1. The number of pyridine rings is 1. The third-order valence-corrected chi connectivity index (χ3v) is 5.75. The van der Waals surface area contributed by atoms with Gasteiger partial charge in [-0.05, 0) is 30.3 Å². The molecule has 0 spiro atoms. The van der Waals surface area contributed by atoms with Crippen LogP contribution in [0.5, 0.6) is 0 Å². The third-order valence-electron chi connectivity index (χ3n) is 5.75. The number of rotatable bonds is 9. The number of nitrogens with one attached hydrogen (secondary N) is 1. The highest BCUT2D eigenvalue weighted by molar-refractivity contribution is 6.03. The second-order valence-corrected chi connectivity index (χ2v) is 8.29. The number of hydrogen-bond donors (Lipinski definition) is 3. The largest absolute Gasteiger partial charge is 0.383 e. The highest BCUT2D eigenvalue weighted by Crippen LogP contribution is 2.23. The fraction of sp³-hybridized carbons (Fsp3) is 0.308. The van der Waals surface area contributed by atoms with Crippen LogP contribution in [-0.2, 0) is 6.54 Å². The number of benzene rings is 1. The number of hydrogen-bond acceptors (Lipinski definition) is 6. The van der Waals surface area contributed by atoms with Crippen LogP contribution in [0.25, 0.3) is 11.1 Å². The minimum Gasteiger partial charge on any atom is -0.383 e. The van der Waals surface area contributed by atoms with Gasteiger partial charge in [0.25, 0.3) is 0 Å². The topological polar surface area (TPSA) is 95.8 Å². The molecule has 0 bridgehead atoms. The Balaban J connectivity index is 1.71. The zero-order chi connectivity index (χ0) is 24.3. The summed E-state index contributed by atoms with van der Waals surface area (Å²) in [4.78, 5) is 13.5. The summed E-state index contributed by atoms with van der Waals surface area (Å²) in [6, 6.07) is 10.4. The minimum atomic E-state index is -0.283. The summed E-state index contributed by atoms with van der Waals surface area (Å²) in [6.45, 7) is 9.01. The Hall–Kier alpha value is -3.33. The fourth-order valence-electron chi connectivity index (χ4n) is 3.69. The van der Waals surface area contributed by atoms with Crippen molar-refractivity contribution in [2.45, 2.75) is 13.0 Å². The SMILES string of the molecule is C=C/C=C\C/C(F)=C\CN=C(NN)c1cc(-c2ccc(CN3CCN(C)CC3)cc2)cnc1N. The van der Waals surface area contributed by atoms with E-state index in [1.165, 1.54) is 11.6 Å². The normalized spacial score (nSPS) is 16.2. The van der Waals surface area contributed by atoms with Crippen LogP contribution in [0.2, 0.25) is 0 Å². The zero-order valence-corrected chi connectivity index (χ0v) is 19.8. The second-order valence-electron chi connectivity index (χ2n) is 8.29. The van der Waals surface area contributed by atoms with Crippen LogP contribution in [0.1, 0.15) is 17.5 Å². The number of hydrazine groups is 1. The van der Waals surface area contributed by atoms with Crippen molar-refractivity contribution in [3.05, 3.63) is 84.4 Å². The number of piperazine rings is 1. The van der Waals surface area contributed by atoms with E-state index in [1.807, 2.05) is 6.07 Å². The molecule has 2 aromatic rings. The van der Waals surface area contributed by atoms with Gasteiger partial charge < -0.3 is 16.1 Å². The molecule has 1 fully saturated rings. The predicted molar refractivity (Wildman–Crippen MR) is 139 cm³/mol. The van der Waals surface area contributed by atoms with Gasteiger partial charge in [0.15, 0.2) is 0 Å². The minimum absolute atomic E-state index is 0.123. The molecule has 180 valence electrons. The number of nitrogen functional groups attached to an aromatic ring is 1. The van der Waals surface area contributed by atoms with E-state index < -0.39 is 0 Å². The number of aromatic nitrogens is 1. The van der Waals surface area contributed by atoms with E-state index in [2.05, 4.69) is 63.1 Å². The van der Waals surface area contributed by atoms with Gasteiger partial charge in [0.2, 0.25) is 0 Å². The van der Waals surface area contributed by atoms with Crippen molar-refractivity contribution in [2.75, 3.05) is 45.5 Å². The smallest absolute Gasteiger partial charge is 0.146 e. The average molecular weight is 464 g/mol. The van der Waals surface area contributed by atoms with Gasteiger partial charge in [-0.15, -0.1) is 0 Å². The van der Waals surface area contributed by atoms with Crippen LogP contribution >= 0.6 is 0 Å². The fourth-order valence-corrected chi connectivity index (χ4v) is 3.69. The van der Waals surface area contributed by atoms with E-state index in [9.17, 15) is 4.39 Å². The van der Waals surface area contributed by atoms with Gasteiger partial charge in [-0.1, -0.05) is 49.1 Å². The van der Waals surface area contributed by atoms with Crippen molar-refractivity contribution >= 4 is 11.7 Å². The van der Waals surface area contributed by atoms with Crippen LogP contribution in [0.4, 0.5) is 10.2 Å². The molecule has 1 saturated heterocycles. The van der Waals surface area contributed by atoms with Gasteiger partial charge in [-0.3, -0.25) is 9.89 Å². The van der Waals surface area contributed by atoms with Crippen LogP contribution < -0.4 is 17.0 Å². The molecule has 1 aliphatic rings. The van der Waals surface area contributed by atoms with E-state index in [-0.39, 0.29) is 18.8 Å². The lowest BCUT2D eigenvalue weighted by molar-refractivity contribution is 0.148. The zero-order valence-electron chi connectivity index (χ0n) is 19.8. The maximum Gasteiger partial charge on any atom is 0.146 e. The molecule has 0 unspecified atom stereocenters. The summed E-state index contributed by atoms with van der Waals surface area (Å²) < 4.78 is 13.9. The summed E-state index contributed by atoms with van der Waals surface area (Å²) >= 11 is 0. The molecule has 0 saturated carbocycles. The lowest BCUT2D eigenvalue weighted by Crippen LogP contribution is -2.43. The van der Waals surface area contributed by atoms with Crippen molar-refractivity contribution in [3.8, 4) is 11.1 Å². The maximum atomic E-state index is 13.9. The van der Waals surface area contributed by atoms with Crippen molar-refractivity contribution in [2.24, 2.45) is 10.8 Å². The van der Waals surface area contributed by atoms with Crippen LogP contribution in [0.3, 0.4) is 0 Å². The third kappa shape index (κ3) is 7.34. The molecule has 5 N–H and O–H groups in total. The number of anilines is 1. The van der Waals surface area contributed by atoms with Crippen molar-refractivity contribution < 1.29 is 4.39 Å². The van der Waals surface area contributed by atoms with Gasteiger partial charge in [0, 0.05) is 50.9 Å². The first-order valence-corrected chi connectivity index (χ1v) is 11.4. The molecule has 2 heterocycles. The molecule has 1 aromatic carbocycles.